The van der Waals surface area contributed by atoms with Gasteiger partial charge in [-0.1, -0.05) is 42.5 Å². The van der Waals surface area contributed by atoms with Crippen LogP contribution in [0.3, 0.4) is 0 Å². The second-order valence-corrected chi connectivity index (χ2v) is 7.61. The highest BCUT2D eigenvalue weighted by Gasteiger charge is 2.18. The Morgan fingerprint density at radius 3 is 2.19 bits per heavy atom. The highest BCUT2D eigenvalue weighted by Crippen LogP contribution is 2.31. The van der Waals surface area contributed by atoms with Crippen LogP contribution in [0.2, 0.25) is 0 Å². The van der Waals surface area contributed by atoms with Crippen LogP contribution in [-0.4, -0.2) is 11.7 Å². The molecule has 0 saturated heterocycles. The summed E-state index contributed by atoms with van der Waals surface area (Å²) in [5.41, 5.74) is 3.08. The number of anilines is 1. The second-order valence-electron chi connectivity index (χ2n) is 6.37. The van der Waals surface area contributed by atoms with Gasteiger partial charge in [0.05, 0.1) is 18.8 Å². The average Bonchev–Trinajstić information content (AvgIpc) is 2.70. The van der Waals surface area contributed by atoms with Gasteiger partial charge in [0.2, 0.25) is 0 Å². The molecule has 2 unspecified atom stereocenters. The third-order valence-corrected chi connectivity index (χ3v) is 5.14. The smallest absolute Gasteiger partial charge is 0.119 e. The molecule has 2 atom stereocenters. The lowest BCUT2D eigenvalue weighted by atomic mass is 9.96. The van der Waals surface area contributed by atoms with Crippen LogP contribution >= 0.6 is 22.6 Å². The van der Waals surface area contributed by atoms with Crippen molar-refractivity contribution in [3.63, 3.8) is 0 Å². The minimum atomic E-state index is -0.542. The van der Waals surface area contributed by atoms with Crippen LogP contribution < -0.4 is 10.1 Å². The molecule has 0 aliphatic heterocycles. The third-order valence-electron chi connectivity index (χ3n) is 4.42. The predicted octanol–water partition coefficient (Wildman–Crippen LogP) is 5.97. The van der Waals surface area contributed by atoms with Gasteiger partial charge in [0.1, 0.15) is 5.75 Å². The van der Waals surface area contributed by atoms with Gasteiger partial charge in [-0.2, -0.15) is 0 Å². The Bertz CT molecular complexity index is 819. The van der Waals surface area contributed by atoms with Crippen molar-refractivity contribution in [2.75, 3.05) is 11.9 Å². The van der Waals surface area contributed by atoms with E-state index in [4.69, 9.17) is 4.74 Å². The van der Waals surface area contributed by atoms with E-state index in [1.54, 1.807) is 0 Å². The van der Waals surface area contributed by atoms with Crippen molar-refractivity contribution in [1.82, 2.24) is 0 Å². The Kier molecular flexibility index (Phi) is 7.12. The molecule has 0 amide bonds. The van der Waals surface area contributed by atoms with Crippen molar-refractivity contribution in [3.8, 4) is 5.75 Å². The van der Waals surface area contributed by atoms with Gasteiger partial charge in [-0.25, -0.2) is 0 Å². The number of halogens is 1. The third kappa shape index (κ3) is 5.71. The van der Waals surface area contributed by atoms with Crippen molar-refractivity contribution < 1.29 is 9.84 Å². The largest absolute Gasteiger partial charge is 0.494 e. The molecule has 0 saturated carbocycles. The van der Waals surface area contributed by atoms with Crippen molar-refractivity contribution >= 4 is 28.3 Å². The molecule has 0 bridgehead atoms. The summed E-state index contributed by atoms with van der Waals surface area (Å²) in [7, 11) is 0. The lowest BCUT2D eigenvalue weighted by molar-refractivity contribution is 0.160. The number of nitrogens with one attached hydrogen (secondary N) is 1. The fourth-order valence-corrected chi connectivity index (χ4v) is 3.38. The summed E-state index contributed by atoms with van der Waals surface area (Å²) in [6, 6.07) is 26.2. The average molecular weight is 473 g/mol. The van der Waals surface area contributed by atoms with E-state index in [1.807, 2.05) is 49.4 Å². The molecule has 0 aliphatic carbocycles. The van der Waals surface area contributed by atoms with E-state index in [-0.39, 0.29) is 6.04 Å². The first kappa shape index (κ1) is 19.7. The molecular formula is C23H24INO2. The van der Waals surface area contributed by atoms with Crippen molar-refractivity contribution in [2.45, 2.75) is 25.5 Å². The summed E-state index contributed by atoms with van der Waals surface area (Å²) in [4.78, 5) is 0. The summed E-state index contributed by atoms with van der Waals surface area (Å²) < 4.78 is 6.75. The molecule has 3 aromatic carbocycles. The Hall–Kier alpha value is -2.05. The van der Waals surface area contributed by atoms with Crippen molar-refractivity contribution in [2.24, 2.45) is 0 Å². The molecule has 0 spiro atoms. The first-order valence-corrected chi connectivity index (χ1v) is 10.2. The number of ether oxygens (including phenoxy) is 1. The molecule has 3 nitrogen and oxygen atoms in total. The van der Waals surface area contributed by atoms with E-state index in [2.05, 4.69) is 64.3 Å². The fraction of sp³-hybridized carbons (Fsp3) is 0.217. The van der Waals surface area contributed by atoms with E-state index < -0.39 is 6.10 Å². The highest BCUT2D eigenvalue weighted by atomic mass is 127. The lowest BCUT2D eigenvalue weighted by Gasteiger charge is -2.24. The first-order valence-electron chi connectivity index (χ1n) is 9.13. The molecule has 0 fully saturated rings. The van der Waals surface area contributed by atoms with E-state index >= 15 is 0 Å². The monoisotopic (exact) mass is 473 g/mol. The zero-order valence-corrected chi connectivity index (χ0v) is 17.5. The zero-order valence-electron chi connectivity index (χ0n) is 15.3. The summed E-state index contributed by atoms with van der Waals surface area (Å²) in [5, 5.41) is 14.3. The second kappa shape index (κ2) is 9.76. The Morgan fingerprint density at radius 2 is 1.56 bits per heavy atom. The molecule has 0 aromatic heterocycles. The lowest BCUT2D eigenvalue weighted by Crippen LogP contribution is -2.15. The maximum absolute atomic E-state index is 10.7. The van der Waals surface area contributed by atoms with Crippen LogP contribution in [0.15, 0.2) is 78.9 Å². The van der Waals surface area contributed by atoms with Crippen LogP contribution in [0, 0.1) is 3.57 Å². The van der Waals surface area contributed by atoms with Gasteiger partial charge in [0.25, 0.3) is 0 Å². The van der Waals surface area contributed by atoms with E-state index in [1.165, 1.54) is 3.57 Å². The number of aliphatic hydroxyl groups is 1. The fourth-order valence-electron chi connectivity index (χ4n) is 3.02. The van der Waals surface area contributed by atoms with Crippen molar-refractivity contribution in [1.29, 1.82) is 0 Å². The first-order chi connectivity index (χ1) is 13.2. The van der Waals surface area contributed by atoms with Crippen LogP contribution in [0.4, 0.5) is 5.69 Å². The number of aliphatic hydroxyl groups excluding tert-OH is 1. The molecule has 3 rings (SSSR count). The molecule has 27 heavy (non-hydrogen) atoms. The summed E-state index contributed by atoms with van der Waals surface area (Å²) in [6.07, 6.45) is 0.0309. The Balaban J connectivity index is 1.82. The minimum Gasteiger partial charge on any atom is -0.494 e. The Morgan fingerprint density at radius 1 is 0.889 bits per heavy atom. The molecule has 0 heterocycles. The topological polar surface area (TPSA) is 41.5 Å². The van der Waals surface area contributed by atoms with Gasteiger partial charge >= 0.3 is 0 Å². The number of benzene rings is 3. The maximum atomic E-state index is 10.7. The Labute approximate surface area is 174 Å². The summed E-state index contributed by atoms with van der Waals surface area (Å²) >= 11 is 2.30. The molecule has 0 radical (unpaired) electrons. The molecule has 2 N–H and O–H groups in total. The van der Waals surface area contributed by atoms with Crippen LogP contribution in [0.5, 0.6) is 5.75 Å². The molecule has 140 valence electrons. The predicted molar refractivity (Wildman–Crippen MR) is 119 cm³/mol. The highest BCUT2D eigenvalue weighted by molar-refractivity contribution is 14.1. The standard InChI is InChI=1S/C23H24INO2/c1-2-27-21-14-8-17(9-15-21)22(25-20-12-10-19(24)11-13-20)16-23(26)18-6-4-3-5-7-18/h3-15,22-23,25-26H,2,16H2,1H3. The SMILES string of the molecule is CCOc1ccc(C(CC(O)c2ccccc2)Nc2ccc(I)cc2)cc1. The van der Waals surface area contributed by atoms with E-state index in [0.29, 0.717) is 13.0 Å². The van der Waals surface area contributed by atoms with Gasteiger partial charge in [-0.15, -0.1) is 0 Å². The number of hydrogen-bond donors (Lipinski definition) is 2. The molecular weight excluding hydrogens is 449 g/mol. The van der Waals surface area contributed by atoms with Gasteiger partial charge in [0.15, 0.2) is 0 Å². The molecule has 4 heteroatoms. The van der Waals surface area contributed by atoms with Crippen LogP contribution in [0.25, 0.3) is 0 Å². The zero-order chi connectivity index (χ0) is 19.1. The summed E-state index contributed by atoms with van der Waals surface area (Å²) in [5.74, 6) is 0.859. The normalized spacial score (nSPS) is 13.0. The summed E-state index contributed by atoms with van der Waals surface area (Å²) in [6.45, 7) is 2.63. The maximum Gasteiger partial charge on any atom is 0.119 e. The van der Waals surface area contributed by atoms with E-state index in [0.717, 1.165) is 22.6 Å². The number of hydrogen-bond acceptors (Lipinski definition) is 3. The van der Waals surface area contributed by atoms with Crippen molar-refractivity contribution in [3.05, 3.63) is 93.6 Å². The molecule has 0 aliphatic rings. The minimum absolute atomic E-state index is 0.0176. The molecule has 3 aromatic rings. The van der Waals surface area contributed by atoms with Gasteiger partial charge < -0.3 is 15.2 Å². The van der Waals surface area contributed by atoms with Gasteiger partial charge in [-0.05, 0) is 77.0 Å². The number of rotatable bonds is 8. The van der Waals surface area contributed by atoms with Crippen LogP contribution in [0.1, 0.15) is 36.6 Å². The van der Waals surface area contributed by atoms with Crippen LogP contribution in [-0.2, 0) is 0 Å². The van der Waals surface area contributed by atoms with Gasteiger partial charge in [-0.3, -0.25) is 0 Å². The van der Waals surface area contributed by atoms with Gasteiger partial charge in [0, 0.05) is 15.7 Å². The van der Waals surface area contributed by atoms with E-state index in [9.17, 15) is 5.11 Å². The quantitative estimate of drug-likeness (QED) is 0.397.